The second-order valence-corrected chi connectivity index (χ2v) is 28.9. The molecule has 0 radical (unpaired) electrons. The van der Waals surface area contributed by atoms with Crippen molar-refractivity contribution in [1.82, 2.24) is 45.3 Å². The molecule has 1 saturated heterocycles. The zero-order valence-corrected chi connectivity index (χ0v) is 61.2. The molecule has 0 saturated carbocycles. The molecule has 1 fully saturated rings. The van der Waals surface area contributed by atoms with Gasteiger partial charge < -0.3 is 59.6 Å². The van der Waals surface area contributed by atoms with Crippen LogP contribution in [-0.4, -0.2) is 225 Å². The number of carbonyl (C=O) groups excluding carboxylic acids is 11. The van der Waals surface area contributed by atoms with Gasteiger partial charge >= 0.3 is 11.9 Å². The number of ether oxygens (including phenoxy) is 3. The number of carbonyl (C=O) groups is 11. The van der Waals surface area contributed by atoms with Gasteiger partial charge in [-0.25, -0.2) is 4.79 Å². The van der Waals surface area contributed by atoms with Crippen molar-refractivity contribution < 1.29 is 79.6 Å². The first kappa shape index (κ1) is 82.6. The van der Waals surface area contributed by atoms with Crippen LogP contribution in [-0.2, 0) is 89.5 Å². The first-order valence-corrected chi connectivity index (χ1v) is 34.9. The van der Waals surface area contributed by atoms with Gasteiger partial charge in [-0.05, 0) is 99.8 Å². The fourth-order valence-electron chi connectivity index (χ4n) is 11.9. The van der Waals surface area contributed by atoms with Crippen molar-refractivity contribution in [2.45, 2.75) is 209 Å². The second-order valence-electron chi connectivity index (χ2n) is 27.3. The minimum Gasteiger partial charge on any atom is -0.497 e. The Labute approximate surface area is 569 Å². The van der Waals surface area contributed by atoms with Crippen LogP contribution in [0, 0.1) is 29.6 Å². The molecule has 2 aromatic carbocycles. The van der Waals surface area contributed by atoms with E-state index >= 15 is 14.4 Å². The molecule has 9 amide bonds. The predicted octanol–water partition coefficient (Wildman–Crippen LogP) is 4.74. The summed E-state index contributed by atoms with van der Waals surface area (Å²) < 4.78 is 45.5. The number of hydrogen-bond donors (Lipinski definition) is 3. The molecule has 0 aliphatic carbocycles. The van der Waals surface area contributed by atoms with Gasteiger partial charge in [0, 0.05) is 48.2 Å². The number of methoxy groups -OCH3 is 1. The largest absolute Gasteiger partial charge is 0.497 e. The molecule has 1 aliphatic heterocycles. The lowest BCUT2D eigenvalue weighted by molar-refractivity contribution is -0.162. The normalized spacial score (nSPS) is 16.6. The molecule has 0 aromatic heterocycles. The van der Waals surface area contributed by atoms with Crippen LogP contribution in [0.1, 0.15) is 147 Å². The number of likely N-dealkylation sites (N-methyl/N-ethyl adjacent to an activating group) is 5. The summed E-state index contributed by atoms with van der Waals surface area (Å²) in [4.78, 5) is 166. The lowest BCUT2D eigenvalue weighted by Gasteiger charge is -2.41. The summed E-state index contributed by atoms with van der Waals surface area (Å²) in [6.45, 7) is 22.9. The third-order valence-corrected chi connectivity index (χ3v) is 18.1. The van der Waals surface area contributed by atoms with E-state index in [4.69, 9.17) is 18.4 Å². The van der Waals surface area contributed by atoms with E-state index in [1.54, 1.807) is 132 Å². The number of hydrogen-bond acceptors (Lipinski definition) is 17. The lowest BCUT2D eigenvalue weighted by Crippen LogP contribution is -2.63. The molecule has 1 heterocycles. The number of likely N-dealkylation sites (tertiary alicyclic amines) is 1. The van der Waals surface area contributed by atoms with Crippen LogP contribution in [0.4, 0.5) is 0 Å². The number of piperidine rings is 1. The SMILES string of the molecule is CC[C@H](C)[C@@H](C(=O)NCC(=O)N(C)[C@H](C(=O)N[C@@H](Cc1ccc(OC)cc1)C(=O)OCc1ccccc1)C(C)C)N(C)C(=O)[C@H]([C@@H](C)CC)N(C)C(=O)[C@H](CC(=O)OC(C)(C)C)N(C)C(=O)[C@@H](NC(=O)[C@H](C(C)C)N(C)C(=O)[C@@H]1CCCCN1C(=O)[C@@H](C)OS(C)(=O)=O)C(C)C. The minimum atomic E-state index is -4.03. The molecule has 96 heavy (non-hydrogen) atoms. The van der Waals surface area contributed by atoms with Gasteiger partial charge in [-0.15, -0.1) is 0 Å². The summed E-state index contributed by atoms with van der Waals surface area (Å²) in [6, 6.07) is 5.86. The summed E-state index contributed by atoms with van der Waals surface area (Å²) in [5.41, 5.74) is 0.391. The van der Waals surface area contributed by atoms with Gasteiger partial charge in [-0.2, -0.15) is 8.42 Å². The zero-order chi connectivity index (χ0) is 73.0. The molecule has 0 bridgehead atoms. The Balaban J connectivity index is 1.95. The number of esters is 2. The smallest absolute Gasteiger partial charge is 0.329 e. The Morgan fingerprint density at radius 3 is 1.69 bits per heavy atom. The van der Waals surface area contributed by atoms with E-state index in [0.717, 1.165) is 21.6 Å². The molecule has 0 unspecified atom stereocenters. The van der Waals surface area contributed by atoms with E-state index in [9.17, 15) is 46.8 Å². The Bertz CT molecular complexity index is 3100. The van der Waals surface area contributed by atoms with Gasteiger partial charge in [0.15, 0.2) is 6.10 Å². The van der Waals surface area contributed by atoms with Gasteiger partial charge in [0.1, 0.15) is 66.3 Å². The Hall–Kier alpha value is -7.68. The number of nitrogens with zero attached hydrogens (tertiary/aromatic N) is 6. The fourth-order valence-corrected chi connectivity index (χ4v) is 12.5. The highest BCUT2D eigenvalue weighted by atomic mass is 32.2. The van der Waals surface area contributed by atoms with Crippen molar-refractivity contribution in [3.8, 4) is 5.75 Å². The van der Waals surface area contributed by atoms with E-state index in [2.05, 4.69) is 16.0 Å². The zero-order valence-electron chi connectivity index (χ0n) is 60.4. The fraction of sp³-hybridized carbons (Fsp3) is 0.667. The van der Waals surface area contributed by atoms with Crippen LogP contribution in [0.3, 0.4) is 0 Å². The third kappa shape index (κ3) is 23.6. The highest BCUT2D eigenvalue weighted by Crippen LogP contribution is 2.27. The van der Waals surface area contributed by atoms with Gasteiger partial charge in [0.2, 0.25) is 47.3 Å². The summed E-state index contributed by atoms with van der Waals surface area (Å²) in [6.07, 6.45) is 0.761. The third-order valence-electron chi connectivity index (χ3n) is 17.5. The maximum absolute atomic E-state index is 15.3. The molecule has 538 valence electrons. The highest BCUT2D eigenvalue weighted by Gasteiger charge is 2.46. The molecule has 0 spiro atoms. The summed E-state index contributed by atoms with van der Waals surface area (Å²) >= 11 is 0. The van der Waals surface area contributed by atoms with Crippen molar-refractivity contribution in [3.63, 3.8) is 0 Å². The van der Waals surface area contributed by atoms with E-state index in [-0.39, 0.29) is 26.0 Å². The lowest BCUT2D eigenvalue weighted by atomic mass is 9.92. The molecule has 3 N–H and O–H groups in total. The van der Waals surface area contributed by atoms with Gasteiger partial charge in [0.05, 0.1) is 26.3 Å². The van der Waals surface area contributed by atoms with Crippen LogP contribution in [0.5, 0.6) is 5.75 Å². The molecular weight excluding hydrogens is 1260 g/mol. The second kappa shape index (κ2) is 37.2. The molecule has 27 heteroatoms. The molecule has 3 rings (SSSR count). The van der Waals surface area contributed by atoms with Crippen molar-refractivity contribution in [2.75, 3.05) is 61.7 Å². The Morgan fingerprint density at radius 2 is 1.17 bits per heavy atom. The average molecular weight is 1370 g/mol. The number of rotatable bonds is 34. The standard InChI is InChI=1S/C69H109N9O17S/c1-22-44(9)58(60(81)70-39-53(79)74(16)56(42(5)6)61(82)71-50(37-47-32-34-49(92-20)35-33-47)68(89)93-40-48-29-25-24-26-30-48)76(18)67(88)59(45(10)23-2)77(19)65(86)52(38-54(80)94-69(12,13)14)73(15)66(87)55(41(3)4)72-62(83)57(43(7)8)75(17)64(85)51-31-27-28-36-78(51)63(84)46(11)95-96(21,90)91/h24-26,29-30,32-35,41-46,50-52,55-59H,22-23,27-28,31,36-40H2,1-21H3,(H,70,81)(H,71,82)(H,72,83)/t44-,45-,46+,50-,51-,52-,55-,56-,57-,58-,59-/m0/s1. The van der Waals surface area contributed by atoms with Crippen LogP contribution < -0.4 is 20.7 Å². The summed E-state index contributed by atoms with van der Waals surface area (Å²) in [5.74, 6) is -10.3. The number of benzene rings is 2. The topological polar surface area (TPSA) is 314 Å². The molecule has 2 aromatic rings. The van der Waals surface area contributed by atoms with E-state index in [1.165, 1.54) is 68.9 Å². The van der Waals surface area contributed by atoms with Crippen molar-refractivity contribution >= 4 is 75.2 Å². The minimum absolute atomic E-state index is 0.0479. The van der Waals surface area contributed by atoms with Crippen LogP contribution in [0.15, 0.2) is 54.6 Å². The van der Waals surface area contributed by atoms with Crippen LogP contribution in [0.25, 0.3) is 0 Å². The Morgan fingerprint density at radius 1 is 0.625 bits per heavy atom. The number of nitrogens with one attached hydrogen (secondary N) is 3. The first-order valence-electron chi connectivity index (χ1n) is 33.1. The predicted molar refractivity (Wildman–Crippen MR) is 361 cm³/mol. The maximum atomic E-state index is 15.3. The molecule has 11 atom stereocenters. The van der Waals surface area contributed by atoms with E-state index < -0.39 is 178 Å². The van der Waals surface area contributed by atoms with Crippen LogP contribution >= 0.6 is 0 Å². The first-order chi connectivity index (χ1) is 44.6. The van der Waals surface area contributed by atoms with Crippen molar-refractivity contribution in [2.24, 2.45) is 29.6 Å². The molecule has 26 nitrogen and oxygen atoms in total. The van der Waals surface area contributed by atoms with Crippen LogP contribution in [0.2, 0.25) is 0 Å². The monoisotopic (exact) mass is 1370 g/mol. The van der Waals surface area contributed by atoms with Crippen molar-refractivity contribution in [1.29, 1.82) is 0 Å². The Kier molecular flexibility index (Phi) is 32.0. The quantitative estimate of drug-likeness (QED) is 0.0629. The van der Waals surface area contributed by atoms with Gasteiger partial charge in [-0.3, -0.25) is 52.1 Å². The number of amides is 9. The van der Waals surface area contributed by atoms with Crippen molar-refractivity contribution in [3.05, 3.63) is 65.7 Å². The highest BCUT2D eigenvalue weighted by molar-refractivity contribution is 7.86. The summed E-state index contributed by atoms with van der Waals surface area (Å²) in [7, 11) is 4.37. The van der Waals surface area contributed by atoms with Gasteiger partial charge in [-0.1, -0.05) is 125 Å². The van der Waals surface area contributed by atoms with E-state index in [0.29, 0.717) is 37.0 Å². The maximum Gasteiger partial charge on any atom is 0.329 e. The van der Waals surface area contributed by atoms with E-state index in [1.807, 2.05) is 13.0 Å². The average Bonchev–Trinajstić information content (AvgIpc) is 0.852. The van der Waals surface area contributed by atoms with Gasteiger partial charge in [0.25, 0.3) is 16.0 Å². The molecular formula is C69H109N9O17S. The molecule has 1 aliphatic rings. The summed E-state index contributed by atoms with van der Waals surface area (Å²) in [5, 5.41) is 8.31.